The van der Waals surface area contributed by atoms with Crippen LogP contribution in [0.15, 0.2) is 54.6 Å². The van der Waals surface area contributed by atoms with Crippen LogP contribution < -0.4 is 10.2 Å². The van der Waals surface area contributed by atoms with Crippen molar-refractivity contribution in [1.82, 2.24) is 10.2 Å². The van der Waals surface area contributed by atoms with Gasteiger partial charge in [0, 0.05) is 44.0 Å². The third-order valence-corrected chi connectivity index (χ3v) is 4.28. The van der Waals surface area contributed by atoms with Crippen molar-refractivity contribution in [2.45, 2.75) is 6.54 Å². The molecular formula is C19H20FN3O2. The Hall–Kier alpha value is -2.89. The van der Waals surface area contributed by atoms with Crippen molar-refractivity contribution >= 4 is 17.5 Å². The summed E-state index contributed by atoms with van der Waals surface area (Å²) in [6.45, 7) is 2.33. The highest BCUT2D eigenvalue weighted by Crippen LogP contribution is 2.15. The topological polar surface area (TPSA) is 52.7 Å². The lowest BCUT2D eigenvalue weighted by Crippen LogP contribution is -2.52. The Bertz CT molecular complexity index is 743. The number of rotatable bonds is 3. The first-order chi connectivity index (χ1) is 12.1. The predicted molar refractivity (Wildman–Crippen MR) is 93.5 cm³/mol. The second-order valence-corrected chi connectivity index (χ2v) is 5.89. The molecule has 2 aromatic rings. The zero-order chi connectivity index (χ0) is 17.6. The van der Waals surface area contributed by atoms with E-state index in [-0.39, 0.29) is 6.54 Å². The lowest BCUT2D eigenvalue weighted by molar-refractivity contribution is -0.146. The summed E-state index contributed by atoms with van der Waals surface area (Å²) in [5.41, 5.74) is 1.47. The number of amides is 2. The summed E-state index contributed by atoms with van der Waals surface area (Å²) in [6.07, 6.45) is 0. The van der Waals surface area contributed by atoms with Crippen molar-refractivity contribution < 1.29 is 14.0 Å². The molecule has 1 N–H and O–H groups in total. The van der Waals surface area contributed by atoms with Crippen LogP contribution in [0.5, 0.6) is 0 Å². The highest BCUT2D eigenvalue weighted by molar-refractivity contribution is 6.35. The average molecular weight is 341 g/mol. The van der Waals surface area contributed by atoms with Crippen LogP contribution in [0, 0.1) is 5.82 Å². The maximum absolute atomic E-state index is 13.5. The third kappa shape index (κ3) is 4.15. The van der Waals surface area contributed by atoms with Crippen LogP contribution in [0.3, 0.4) is 0 Å². The van der Waals surface area contributed by atoms with Gasteiger partial charge in [-0.2, -0.15) is 0 Å². The SMILES string of the molecule is O=C(NCc1ccccc1F)C(=O)N1CCN(c2ccccc2)CC1. The van der Waals surface area contributed by atoms with Crippen LogP contribution in [0.2, 0.25) is 0 Å². The fraction of sp³-hybridized carbons (Fsp3) is 0.263. The number of carbonyl (C=O) groups is 2. The van der Waals surface area contributed by atoms with Crippen LogP contribution in [-0.2, 0) is 16.1 Å². The van der Waals surface area contributed by atoms with Crippen molar-refractivity contribution in [3.63, 3.8) is 0 Å². The van der Waals surface area contributed by atoms with E-state index in [1.165, 1.54) is 11.0 Å². The number of para-hydroxylation sites is 1. The molecule has 25 heavy (non-hydrogen) atoms. The molecule has 1 fully saturated rings. The number of hydrogen-bond donors (Lipinski definition) is 1. The van der Waals surface area contributed by atoms with E-state index in [0.717, 1.165) is 5.69 Å². The fourth-order valence-electron chi connectivity index (χ4n) is 2.84. The molecule has 1 aliphatic rings. The number of nitrogens with one attached hydrogen (secondary N) is 1. The standard InChI is InChI=1S/C19H20FN3O2/c20-17-9-5-4-6-15(17)14-21-18(24)19(25)23-12-10-22(11-13-23)16-7-2-1-3-8-16/h1-9H,10-14H2,(H,21,24). The molecule has 3 rings (SSSR count). The number of halogens is 1. The van der Waals surface area contributed by atoms with Gasteiger partial charge in [0.05, 0.1) is 0 Å². The molecule has 5 nitrogen and oxygen atoms in total. The van der Waals surface area contributed by atoms with Crippen LogP contribution in [0.4, 0.5) is 10.1 Å². The molecule has 1 saturated heterocycles. The quantitative estimate of drug-likeness (QED) is 0.866. The minimum absolute atomic E-state index is 0.00122. The zero-order valence-corrected chi connectivity index (χ0v) is 13.8. The van der Waals surface area contributed by atoms with Gasteiger partial charge in [-0.25, -0.2) is 4.39 Å². The summed E-state index contributed by atoms with van der Waals surface area (Å²) in [4.78, 5) is 28.0. The number of benzene rings is 2. The van der Waals surface area contributed by atoms with Crippen molar-refractivity contribution in [1.29, 1.82) is 0 Å². The maximum Gasteiger partial charge on any atom is 0.312 e. The van der Waals surface area contributed by atoms with Gasteiger partial charge < -0.3 is 15.1 Å². The molecule has 0 bridgehead atoms. The highest BCUT2D eigenvalue weighted by atomic mass is 19.1. The van der Waals surface area contributed by atoms with E-state index < -0.39 is 17.6 Å². The molecule has 0 aromatic heterocycles. The first kappa shape index (κ1) is 17.0. The maximum atomic E-state index is 13.5. The summed E-state index contributed by atoms with van der Waals surface area (Å²) in [7, 11) is 0. The predicted octanol–water partition coefficient (Wildman–Crippen LogP) is 1.79. The Morgan fingerprint density at radius 3 is 2.24 bits per heavy atom. The van der Waals surface area contributed by atoms with Crippen LogP contribution >= 0.6 is 0 Å². The van der Waals surface area contributed by atoms with Gasteiger partial charge in [0.2, 0.25) is 0 Å². The first-order valence-corrected chi connectivity index (χ1v) is 8.25. The van der Waals surface area contributed by atoms with Crippen molar-refractivity contribution in [2.75, 3.05) is 31.1 Å². The Kier molecular flexibility index (Phi) is 5.28. The van der Waals surface area contributed by atoms with E-state index in [9.17, 15) is 14.0 Å². The molecule has 130 valence electrons. The monoisotopic (exact) mass is 341 g/mol. The molecule has 6 heteroatoms. The lowest BCUT2D eigenvalue weighted by atomic mass is 10.2. The Morgan fingerprint density at radius 2 is 1.56 bits per heavy atom. The molecule has 2 amide bonds. The molecule has 0 atom stereocenters. The minimum atomic E-state index is -0.698. The van der Waals surface area contributed by atoms with Crippen LogP contribution in [-0.4, -0.2) is 42.9 Å². The zero-order valence-electron chi connectivity index (χ0n) is 13.8. The molecule has 0 spiro atoms. The molecule has 0 aliphatic carbocycles. The number of anilines is 1. The molecular weight excluding hydrogens is 321 g/mol. The summed E-state index contributed by atoms with van der Waals surface area (Å²) in [5, 5.41) is 2.50. The van der Waals surface area contributed by atoms with E-state index >= 15 is 0 Å². The Labute approximate surface area is 146 Å². The van der Waals surface area contributed by atoms with Gasteiger partial charge in [-0.3, -0.25) is 9.59 Å². The van der Waals surface area contributed by atoms with Gasteiger partial charge in [-0.05, 0) is 18.2 Å². The molecule has 1 aliphatic heterocycles. The van der Waals surface area contributed by atoms with Gasteiger partial charge in [-0.1, -0.05) is 36.4 Å². The highest BCUT2D eigenvalue weighted by Gasteiger charge is 2.26. The van der Waals surface area contributed by atoms with Gasteiger partial charge in [0.25, 0.3) is 0 Å². The van der Waals surface area contributed by atoms with E-state index in [1.54, 1.807) is 18.2 Å². The number of nitrogens with zero attached hydrogens (tertiary/aromatic N) is 2. The Balaban J connectivity index is 1.50. The van der Waals surface area contributed by atoms with E-state index in [4.69, 9.17) is 0 Å². The van der Waals surface area contributed by atoms with Crippen LogP contribution in [0.1, 0.15) is 5.56 Å². The second-order valence-electron chi connectivity index (χ2n) is 5.89. The van der Waals surface area contributed by atoms with E-state index in [1.807, 2.05) is 30.3 Å². The number of carbonyl (C=O) groups excluding carboxylic acids is 2. The van der Waals surface area contributed by atoms with Crippen molar-refractivity contribution in [3.05, 3.63) is 66.0 Å². The van der Waals surface area contributed by atoms with Gasteiger partial charge in [-0.15, -0.1) is 0 Å². The summed E-state index contributed by atoms with van der Waals surface area (Å²) in [5.74, 6) is -1.66. The van der Waals surface area contributed by atoms with Crippen LogP contribution in [0.25, 0.3) is 0 Å². The first-order valence-electron chi connectivity index (χ1n) is 8.25. The van der Waals surface area contributed by atoms with Crippen molar-refractivity contribution in [3.8, 4) is 0 Å². The van der Waals surface area contributed by atoms with Gasteiger partial charge >= 0.3 is 11.8 Å². The minimum Gasteiger partial charge on any atom is -0.368 e. The second kappa shape index (κ2) is 7.79. The summed E-state index contributed by atoms with van der Waals surface area (Å²) in [6, 6.07) is 16.1. The normalized spacial score (nSPS) is 14.3. The average Bonchev–Trinajstić information content (AvgIpc) is 2.67. The molecule has 1 heterocycles. The number of hydrogen-bond acceptors (Lipinski definition) is 3. The van der Waals surface area contributed by atoms with E-state index in [2.05, 4.69) is 10.2 Å². The van der Waals surface area contributed by atoms with Gasteiger partial charge in [0.15, 0.2) is 0 Å². The summed E-state index contributed by atoms with van der Waals surface area (Å²) < 4.78 is 13.5. The van der Waals surface area contributed by atoms with Crippen molar-refractivity contribution in [2.24, 2.45) is 0 Å². The van der Waals surface area contributed by atoms with Gasteiger partial charge in [0.1, 0.15) is 5.82 Å². The smallest absolute Gasteiger partial charge is 0.312 e. The molecule has 0 radical (unpaired) electrons. The number of piperazine rings is 1. The fourth-order valence-corrected chi connectivity index (χ4v) is 2.84. The molecule has 0 unspecified atom stereocenters. The molecule has 0 saturated carbocycles. The summed E-state index contributed by atoms with van der Waals surface area (Å²) >= 11 is 0. The third-order valence-electron chi connectivity index (χ3n) is 4.28. The molecule has 2 aromatic carbocycles. The largest absolute Gasteiger partial charge is 0.368 e. The van der Waals surface area contributed by atoms with E-state index in [0.29, 0.717) is 31.7 Å². The lowest BCUT2D eigenvalue weighted by Gasteiger charge is -2.35. The Morgan fingerprint density at radius 1 is 0.920 bits per heavy atom.